The zero-order valence-electron chi connectivity index (χ0n) is 11.9. The lowest BCUT2D eigenvalue weighted by Crippen LogP contribution is -2.49. The van der Waals surface area contributed by atoms with Gasteiger partial charge in [-0.25, -0.2) is 9.59 Å². The maximum atomic E-state index is 11.7. The van der Waals surface area contributed by atoms with Crippen LogP contribution in [0.15, 0.2) is 0 Å². The Balaban J connectivity index is 2.25. The van der Waals surface area contributed by atoms with Crippen LogP contribution >= 0.6 is 0 Å². The predicted octanol–water partition coefficient (Wildman–Crippen LogP) is 2.37. The molecule has 1 unspecified atom stereocenters. The van der Waals surface area contributed by atoms with E-state index >= 15 is 0 Å². The molecule has 0 spiro atoms. The van der Waals surface area contributed by atoms with E-state index in [1.54, 1.807) is 0 Å². The molecule has 5 nitrogen and oxygen atoms in total. The van der Waals surface area contributed by atoms with E-state index in [1.807, 2.05) is 13.8 Å². The number of amides is 2. The van der Waals surface area contributed by atoms with Crippen molar-refractivity contribution in [3.05, 3.63) is 0 Å². The van der Waals surface area contributed by atoms with Crippen molar-refractivity contribution >= 4 is 12.0 Å². The van der Waals surface area contributed by atoms with Gasteiger partial charge in [0.1, 0.15) is 6.04 Å². The Morgan fingerprint density at radius 2 is 1.95 bits per heavy atom. The van der Waals surface area contributed by atoms with Gasteiger partial charge in [0.05, 0.1) is 0 Å². The molecule has 0 heterocycles. The van der Waals surface area contributed by atoms with Crippen molar-refractivity contribution in [1.29, 1.82) is 0 Å². The normalized spacial score (nSPS) is 18.8. The van der Waals surface area contributed by atoms with Gasteiger partial charge in [0.15, 0.2) is 0 Å². The molecule has 110 valence electrons. The van der Waals surface area contributed by atoms with E-state index in [9.17, 15) is 9.59 Å². The first-order chi connectivity index (χ1) is 9.04. The summed E-state index contributed by atoms with van der Waals surface area (Å²) in [5.41, 5.74) is 0. The summed E-state index contributed by atoms with van der Waals surface area (Å²) in [7, 11) is 0. The van der Waals surface area contributed by atoms with Gasteiger partial charge in [-0.05, 0) is 18.3 Å². The van der Waals surface area contributed by atoms with Crippen LogP contribution in [0, 0.1) is 11.8 Å². The van der Waals surface area contributed by atoms with Crippen LogP contribution in [0.5, 0.6) is 0 Å². The third-order valence-corrected chi connectivity index (χ3v) is 4.08. The fourth-order valence-electron chi connectivity index (χ4n) is 2.56. The molecule has 0 radical (unpaired) electrons. The first kappa shape index (κ1) is 15.8. The summed E-state index contributed by atoms with van der Waals surface area (Å²) in [5, 5.41) is 14.4. The topological polar surface area (TPSA) is 78.4 Å². The average molecular weight is 270 g/mol. The SMILES string of the molecule is CCC(C)[C@H](NC(=O)NCCC1CCCC1)C(=O)O. The molecule has 2 amide bonds. The number of carbonyl (C=O) groups excluding carboxylic acids is 1. The fraction of sp³-hybridized carbons (Fsp3) is 0.857. The van der Waals surface area contributed by atoms with Crippen molar-refractivity contribution in [2.24, 2.45) is 11.8 Å². The lowest BCUT2D eigenvalue weighted by molar-refractivity contribution is -0.140. The van der Waals surface area contributed by atoms with Crippen LogP contribution in [0.4, 0.5) is 4.79 Å². The molecule has 19 heavy (non-hydrogen) atoms. The van der Waals surface area contributed by atoms with Gasteiger partial charge in [0.25, 0.3) is 0 Å². The lowest BCUT2D eigenvalue weighted by Gasteiger charge is -2.20. The second-order valence-electron chi connectivity index (χ2n) is 5.54. The number of carbonyl (C=O) groups is 2. The van der Waals surface area contributed by atoms with Crippen molar-refractivity contribution in [2.45, 2.75) is 58.4 Å². The highest BCUT2D eigenvalue weighted by Gasteiger charge is 2.25. The molecule has 0 aliphatic heterocycles. The predicted molar refractivity (Wildman–Crippen MR) is 74.0 cm³/mol. The molecule has 1 aliphatic rings. The maximum Gasteiger partial charge on any atom is 0.326 e. The number of hydrogen-bond acceptors (Lipinski definition) is 2. The molecule has 1 aliphatic carbocycles. The second kappa shape index (κ2) is 8.02. The van der Waals surface area contributed by atoms with Crippen molar-refractivity contribution < 1.29 is 14.7 Å². The highest BCUT2D eigenvalue weighted by atomic mass is 16.4. The van der Waals surface area contributed by atoms with Crippen molar-refractivity contribution in [1.82, 2.24) is 10.6 Å². The van der Waals surface area contributed by atoms with E-state index in [0.717, 1.165) is 18.8 Å². The number of aliphatic carboxylic acids is 1. The Morgan fingerprint density at radius 3 is 2.47 bits per heavy atom. The van der Waals surface area contributed by atoms with E-state index in [2.05, 4.69) is 10.6 Å². The number of carboxylic acids is 1. The molecule has 0 saturated heterocycles. The molecule has 0 bridgehead atoms. The Kier molecular flexibility index (Phi) is 6.67. The second-order valence-corrected chi connectivity index (χ2v) is 5.54. The Bertz CT molecular complexity index is 301. The molecule has 5 heteroatoms. The summed E-state index contributed by atoms with van der Waals surface area (Å²) in [6.07, 6.45) is 6.83. The number of carboxylic acid groups (broad SMARTS) is 1. The number of nitrogens with one attached hydrogen (secondary N) is 2. The van der Waals surface area contributed by atoms with Gasteiger partial charge in [-0.3, -0.25) is 0 Å². The standard InChI is InChI=1S/C14H26N2O3/c1-3-10(2)12(13(17)18)16-14(19)15-9-8-11-6-4-5-7-11/h10-12H,3-9H2,1-2H3,(H,17,18)(H2,15,16,19)/t10?,12-/m0/s1. The highest BCUT2D eigenvalue weighted by molar-refractivity contribution is 5.82. The maximum absolute atomic E-state index is 11.7. The molecule has 2 atom stereocenters. The van der Waals surface area contributed by atoms with Gasteiger partial charge in [-0.15, -0.1) is 0 Å². The summed E-state index contributed by atoms with van der Waals surface area (Å²) in [6.45, 7) is 4.38. The smallest absolute Gasteiger partial charge is 0.326 e. The highest BCUT2D eigenvalue weighted by Crippen LogP contribution is 2.26. The van der Waals surface area contributed by atoms with Gasteiger partial charge in [0, 0.05) is 6.54 Å². The minimum absolute atomic E-state index is 0.0712. The van der Waals surface area contributed by atoms with Crippen LogP contribution in [-0.4, -0.2) is 29.7 Å². The molecule has 1 saturated carbocycles. The van der Waals surface area contributed by atoms with Crippen LogP contribution in [-0.2, 0) is 4.79 Å². The number of hydrogen-bond donors (Lipinski definition) is 3. The summed E-state index contributed by atoms with van der Waals surface area (Å²) < 4.78 is 0. The molecule has 1 rings (SSSR count). The molecule has 1 fully saturated rings. The minimum atomic E-state index is -0.972. The van der Waals surface area contributed by atoms with Crippen molar-refractivity contribution in [3.8, 4) is 0 Å². The van der Waals surface area contributed by atoms with Crippen LogP contribution in [0.25, 0.3) is 0 Å². The zero-order chi connectivity index (χ0) is 14.3. The van der Waals surface area contributed by atoms with Gasteiger partial charge >= 0.3 is 12.0 Å². The average Bonchev–Trinajstić information content (AvgIpc) is 2.87. The van der Waals surface area contributed by atoms with Crippen molar-refractivity contribution in [2.75, 3.05) is 6.54 Å². The third-order valence-electron chi connectivity index (χ3n) is 4.08. The molecule has 0 aromatic rings. The van der Waals surface area contributed by atoms with Gasteiger partial charge in [-0.2, -0.15) is 0 Å². The van der Waals surface area contributed by atoms with Gasteiger partial charge in [0.2, 0.25) is 0 Å². The monoisotopic (exact) mass is 270 g/mol. The molecular weight excluding hydrogens is 244 g/mol. The van der Waals surface area contributed by atoms with E-state index in [0.29, 0.717) is 6.54 Å². The first-order valence-electron chi connectivity index (χ1n) is 7.31. The van der Waals surface area contributed by atoms with E-state index in [1.165, 1.54) is 25.7 Å². The molecule has 3 N–H and O–H groups in total. The Hall–Kier alpha value is -1.26. The summed E-state index contributed by atoms with van der Waals surface area (Å²) in [4.78, 5) is 22.7. The van der Waals surface area contributed by atoms with Crippen LogP contribution in [0.1, 0.15) is 52.4 Å². The fourth-order valence-corrected chi connectivity index (χ4v) is 2.56. The summed E-state index contributed by atoms with van der Waals surface area (Å²) >= 11 is 0. The number of rotatable bonds is 7. The molecule has 0 aromatic heterocycles. The lowest BCUT2D eigenvalue weighted by atomic mass is 9.99. The van der Waals surface area contributed by atoms with Gasteiger partial charge in [-0.1, -0.05) is 46.0 Å². The van der Waals surface area contributed by atoms with E-state index in [-0.39, 0.29) is 11.9 Å². The van der Waals surface area contributed by atoms with Crippen LogP contribution < -0.4 is 10.6 Å². The van der Waals surface area contributed by atoms with Crippen LogP contribution in [0.2, 0.25) is 0 Å². The summed E-state index contributed by atoms with van der Waals surface area (Å²) in [5.74, 6) is -0.316. The van der Waals surface area contributed by atoms with Gasteiger partial charge < -0.3 is 15.7 Å². The summed E-state index contributed by atoms with van der Waals surface area (Å²) in [6, 6.07) is -1.18. The number of urea groups is 1. The zero-order valence-corrected chi connectivity index (χ0v) is 11.9. The van der Waals surface area contributed by atoms with E-state index in [4.69, 9.17) is 5.11 Å². The van der Waals surface area contributed by atoms with Crippen molar-refractivity contribution in [3.63, 3.8) is 0 Å². The first-order valence-corrected chi connectivity index (χ1v) is 7.31. The molecular formula is C14H26N2O3. The largest absolute Gasteiger partial charge is 0.480 e. The quantitative estimate of drug-likeness (QED) is 0.664. The Morgan fingerprint density at radius 1 is 1.32 bits per heavy atom. The third kappa shape index (κ3) is 5.49. The van der Waals surface area contributed by atoms with Crippen LogP contribution in [0.3, 0.4) is 0 Å². The Labute approximate surface area is 115 Å². The minimum Gasteiger partial charge on any atom is -0.480 e. The molecule has 0 aromatic carbocycles. The van der Waals surface area contributed by atoms with E-state index < -0.39 is 12.0 Å².